The average molecular weight is 250 g/mol. The van der Waals surface area contributed by atoms with Gasteiger partial charge < -0.3 is 16.4 Å². The normalized spacial score (nSPS) is 12.0. The Balaban J connectivity index is 2.90. The third-order valence-corrected chi connectivity index (χ3v) is 2.59. The lowest BCUT2D eigenvalue weighted by Crippen LogP contribution is -2.47. The van der Waals surface area contributed by atoms with Crippen molar-refractivity contribution < 1.29 is 9.59 Å². The fraction of sp³-hybridized carbons (Fsp3) is 0.417. The van der Waals surface area contributed by atoms with Crippen molar-refractivity contribution in [1.29, 1.82) is 0 Å². The summed E-state index contributed by atoms with van der Waals surface area (Å²) < 4.78 is 0. The Morgan fingerprint density at radius 3 is 2.56 bits per heavy atom. The van der Waals surface area contributed by atoms with Gasteiger partial charge in [-0.25, -0.2) is 0 Å². The second kappa shape index (κ2) is 6.00. The number of carbonyl (C=O) groups is 2. The van der Waals surface area contributed by atoms with Gasteiger partial charge in [0.05, 0.1) is 5.56 Å². The molecule has 1 unspecified atom stereocenters. The number of pyridine rings is 1. The molecule has 0 saturated heterocycles. The molecule has 2 amide bonds. The number of nitrogens with one attached hydrogen (secondary N) is 2. The van der Waals surface area contributed by atoms with E-state index in [-0.39, 0.29) is 11.8 Å². The molecule has 0 aliphatic carbocycles. The summed E-state index contributed by atoms with van der Waals surface area (Å²) in [5.41, 5.74) is 6.28. The van der Waals surface area contributed by atoms with Gasteiger partial charge in [-0.1, -0.05) is 13.8 Å². The monoisotopic (exact) mass is 250 g/mol. The first-order valence-corrected chi connectivity index (χ1v) is 5.69. The molecule has 0 aromatic carbocycles. The van der Waals surface area contributed by atoms with Crippen LogP contribution >= 0.6 is 0 Å². The van der Waals surface area contributed by atoms with Crippen molar-refractivity contribution in [3.8, 4) is 0 Å². The van der Waals surface area contributed by atoms with Crippen molar-refractivity contribution in [2.45, 2.75) is 19.9 Å². The Morgan fingerprint density at radius 2 is 2.06 bits per heavy atom. The summed E-state index contributed by atoms with van der Waals surface area (Å²) in [7, 11) is 1.71. The number of hydrogen-bond acceptors (Lipinski definition) is 4. The number of hydrogen-bond donors (Lipinski definition) is 3. The number of nitrogens with zero attached hydrogens (tertiary/aromatic N) is 1. The summed E-state index contributed by atoms with van der Waals surface area (Å²) >= 11 is 0. The minimum Gasteiger partial charge on any atom is -0.387 e. The number of rotatable bonds is 5. The molecule has 1 rings (SSSR count). The van der Waals surface area contributed by atoms with Gasteiger partial charge in [-0.3, -0.25) is 14.6 Å². The summed E-state index contributed by atoms with van der Waals surface area (Å²) in [6.45, 7) is 3.63. The smallest absolute Gasteiger partial charge is 0.255 e. The van der Waals surface area contributed by atoms with Crippen LogP contribution in [0.15, 0.2) is 18.5 Å². The largest absolute Gasteiger partial charge is 0.387 e. The first-order chi connectivity index (χ1) is 8.47. The predicted octanol–water partition coefficient (Wildman–Crippen LogP) is 0.363. The molecule has 6 nitrogen and oxygen atoms in total. The highest BCUT2D eigenvalue weighted by molar-refractivity contribution is 6.01. The molecule has 4 N–H and O–H groups in total. The molecule has 0 aliphatic heterocycles. The number of amides is 2. The Bertz CT molecular complexity index is 445. The zero-order chi connectivity index (χ0) is 13.7. The molecule has 1 aromatic rings. The maximum atomic E-state index is 12.0. The van der Waals surface area contributed by atoms with E-state index < -0.39 is 11.9 Å². The molecule has 1 aromatic heterocycles. The Morgan fingerprint density at radius 1 is 1.39 bits per heavy atom. The van der Waals surface area contributed by atoms with Crippen molar-refractivity contribution in [1.82, 2.24) is 10.3 Å². The molecule has 0 spiro atoms. The first-order valence-electron chi connectivity index (χ1n) is 5.69. The summed E-state index contributed by atoms with van der Waals surface area (Å²) in [4.78, 5) is 27.2. The van der Waals surface area contributed by atoms with Crippen LogP contribution in [0.4, 0.5) is 5.69 Å². The van der Waals surface area contributed by atoms with E-state index in [2.05, 4.69) is 15.6 Å². The van der Waals surface area contributed by atoms with Crippen LogP contribution in [0.2, 0.25) is 0 Å². The van der Waals surface area contributed by atoms with Gasteiger partial charge in [0.2, 0.25) is 5.91 Å². The highest BCUT2D eigenvalue weighted by Crippen LogP contribution is 2.13. The predicted molar refractivity (Wildman–Crippen MR) is 69.1 cm³/mol. The molecule has 6 heteroatoms. The van der Waals surface area contributed by atoms with E-state index in [4.69, 9.17) is 5.73 Å². The minimum absolute atomic E-state index is 0.0684. The number of carbonyl (C=O) groups excluding carboxylic acids is 2. The van der Waals surface area contributed by atoms with Crippen LogP contribution in [0.5, 0.6) is 0 Å². The molecule has 0 radical (unpaired) electrons. The molecular formula is C12H18N4O2. The van der Waals surface area contributed by atoms with E-state index in [1.807, 2.05) is 13.8 Å². The van der Waals surface area contributed by atoms with Crippen LogP contribution < -0.4 is 16.4 Å². The molecule has 0 aliphatic rings. The van der Waals surface area contributed by atoms with E-state index in [9.17, 15) is 9.59 Å². The maximum absolute atomic E-state index is 12.0. The standard InChI is InChI=1S/C12H18N4O2/c1-7(2)10(11(13)17)16-12(18)8-6-15-5-4-9(8)14-3/h4-7,10H,1-3H3,(H2,13,17)(H,14,15)(H,16,18). The second-order valence-corrected chi connectivity index (χ2v) is 4.27. The fourth-order valence-electron chi connectivity index (χ4n) is 1.58. The SMILES string of the molecule is CNc1ccncc1C(=O)NC(C(N)=O)C(C)C. The molecule has 1 heterocycles. The summed E-state index contributed by atoms with van der Waals surface area (Å²) in [6.07, 6.45) is 3.02. The lowest BCUT2D eigenvalue weighted by atomic mass is 10.0. The molecule has 0 fully saturated rings. The van der Waals surface area contributed by atoms with Crippen molar-refractivity contribution in [3.05, 3.63) is 24.0 Å². The number of primary amides is 1. The summed E-state index contributed by atoms with van der Waals surface area (Å²) in [5.74, 6) is -0.987. The molecule has 98 valence electrons. The van der Waals surface area contributed by atoms with E-state index in [0.717, 1.165) is 0 Å². The summed E-state index contributed by atoms with van der Waals surface area (Å²) in [6, 6.07) is 0.992. The Hall–Kier alpha value is -2.11. The number of nitrogens with two attached hydrogens (primary N) is 1. The fourth-order valence-corrected chi connectivity index (χ4v) is 1.58. The van der Waals surface area contributed by atoms with Gasteiger partial charge in [-0.05, 0) is 12.0 Å². The van der Waals surface area contributed by atoms with Gasteiger partial charge in [0, 0.05) is 25.1 Å². The van der Waals surface area contributed by atoms with Crippen LogP contribution in [-0.2, 0) is 4.79 Å². The van der Waals surface area contributed by atoms with Gasteiger partial charge in [-0.2, -0.15) is 0 Å². The van der Waals surface area contributed by atoms with Crippen molar-refractivity contribution in [2.24, 2.45) is 11.7 Å². The van der Waals surface area contributed by atoms with Crippen LogP contribution in [-0.4, -0.2) is 29.9 Å². The van der Waals surface area contributed by atoms with Crippen LogP contribution in [0.3, 0.4) is 0 Å². The third-order valence-electron chi connectivity index (χ3n) is 2.59. The summed E-state index contributed by atoms with van der Waals surface area (Å²) in [5, 5.41) is 5.50. The van der Waals surface area contributed by atoms with Crippen LogP contribution in [0, 0.1) is 5.92 Å². The van der Waals surface area contributed by atoms with Gasteiger partial charge in [0.1, 0.15) is 6.04 Å². The topological polar surface area (TPSA) is 97.1 Å². The quantitative estimate of drug-likeness (QED) is 0.703. The minimum atomic E-state index is -0.692. The second-order valence-electron chi connectivity index (χ2n) is 4.27. The lowest BCUT2D eigenvalue weighted by Gasteiger charge is -2.19. The van der Waals surface area contributed by atoms with E-state index in [1.54, 1.807) is 19.3 Å². The van der Waals surface area contributed by atoms with Crippen molar-refractivity contribution in [2.75, 3.05) is 12.4 Å². The molecular weight excluding hydrogens is 232 g/mol. The van der Waals surface area contributed by atoms with Gasteiger partial charge in [0.15, 0.2) is 0 Å². The zero-order valence-corrected chi connectivity index (χ0v) is 10.7. The van der Waals surface area contributed by atoms with E-state index in [0.29, 0.717) is 11.3 Å². The maximum Gasteiger partial charge on any atom is 0.255 e. The number of aromatic nitrogens is 1. The molecule has 1 atom stereocenters. The molecule has 0 bridgehead atoms. The highest BCUT2D eigenvalue weighted by atomic mass is 16.2. The van der Waals surface area contributed by atoms with Crippen LogP contribution in [0.25, 0.3) is 0 Å². The van der Waals surface area contributed by atoms with Gasteiger partial charge >= 0.3 is 0 Å². The van der Waals surface area contributed by atoms with Crippen molar-refractivity contribution in [3.63, 3.8) is 0 Å². The van der Waals surface area contributed by atoms with E-state index in [1.165, 1.54) is 6.20 Å². The van der Waals surface area contributed by atoms with Gasteiger partial charge in [0.25, 0.3) is 5.91 Å². The molecule has 0 saturated carbocycles. The first kappa shape index (κ1) is 14.0. The highest BCUT2D eigenvalue weighted by Gasteiger charge is 2.23. The van der Waals surface area contributed by atoms with Crippen LogP contribution in [0.1, 0.15) is 24.2 Å². The molecule has 18 heavy (non-hydrogen) atoms. The average Bonchev–Trinajstić information content (AvgIpc) is 2.34. The Kier molecular flexibility index (Phi) is 4.65. The van der Waals surface area contributed by atoms with Crippen molar-refractivity contribution >= 4 is 17.5 Å². The lowest BCUT2D eigenvalue weighted by molar-refractivity contribution is -0.120. The Labute approximate surface area is 106 Å². The third kappa shape index (κ3) is 3.19. The van der Waals surface area contributed by atoms with Gasteiger partial charge in [-0.15, -0.1) is 0 Å². The van der Waals surface area contributed by atoms with E-state index >= 15 is 0 Å². The number of anilines is 1. The zero-order valence-electron chi connectivity index (χ0n) is 10.7.